The molecule has 3 N–H and O–H groups in total. The van der Waals surface area contributed by atoms with Crippen LogP contribution in [0.25, 0.3) is 0 Å². The van der Waals surface area contributed by atoms with E-state index in [1.54, 1.807) is 0 Å². The van der Waals surface area contributed by atoms with Gasteiger partial charge < -0.3 is 11.1 Å². The molecule has 0 aliphatic heterocycles. The van der Waals surface area contributed by atoms with Crippen molar-refractivity contribution in [3.8, 4) is 0 Å². The molecule has 0 aromatic heterocycles. The maximum atomic E-state index is 5.21. The largest absolute Gasteiger partial charge is 0.330 e. The monoisotopic (exact) mass is 101 g/mol. The molecule has 0 saturated carbocycles. The number of hydrogen-bond donors (Lipinski definition) is 2. The number of hydrogen-bond acceptors (Lipinski definition) is 2. The van der Waals surface area contributed by atoms with E-state index in [0.29, 0.717) is 0 Å². The third-order valence-corrected chi connectivity index (χ3v) is 0.734. The third-order valence-electron chi connectivity index (χ3n) is 0.734. The molecule has 0 fully saturated rings. The average Bonchev–Trinajstić information content (AvgIpc) is 1.69. The van der Waals surface area contributed by atoms with Gasteiger partial charge in [-0.15, -0.1) is 0 Å². The molecule has 2 nitrogen and oxygen atoms in total. The van der Waals surface area contributed by atoms with E-state index in [2.05, 4.69) is 12.2 Å². The Bertz CT molecular complexity index is 25.3. The molecule has 0 saturated heterocycles. The Kier molecular flexibility index (Phi) is 5.85. The maximum absolute atomic E-state index is 5.21. The van der Waals surface area contributed by atoms with Gasteiger partial charge in [0, 0.05) is 0 Å². The van der Waals surface area contributed by atoms with Crippen molar-refractivity contribution in [2.45, 2.75) is 6.42 Å². The first-order valence-corrected chi connectivity index (χ1v) is 2.62. The van der Waals surface area contributed by atoms with E-state index in [9.17, 15) is 0 Å². The Morgan fingerprint density at radius 2 is 2.29 bits per heavy atom. The SMILES string of the molecule is [CH2]CNCCCN. The molecule has 0 bridgehead atoms. The molecule has 0 aromatic rings. The summed E-state index contributed by atoms with van der Waals surface area (Å²) in [6.45, 7) is 6.18. The van der Waals surface area contributed by atoms with Crippen molar-refractivity contribution < 1.29 is 0 Å². The van der Waals surface area contributed by atoms with Crippen molar-refractivity contribution in [2.24, 2.45) is 5.73 Å². The van der Waals surface area contributed by atoms with Crippen LogP contribution >= 0.6 is 0 Å². The molecule has 0 spiro atoms. The van der Waals surface area contributed by atoms with E-state index < -0.39 is 0 Å². The predicted molar refractivity (Wildman–Crippen MR) is 31.9 cm³/mol. The normalized spacial score (nSPS) is 9.43. The van der Waals surface area contributed by atoms with Crippen LogP contribution in [-0.2, 0) is 0 Å². The molecule has 2 heteroatoms. The second-order valence-corrected chi connectivity index (χ2v) is 1.39. The van der Waals surface area contributed by atoms with Gasteiger partial charge in [-0.05, 0) is 33.0 Å². The molecule has 0 aromatic carbocycles. The number of rotatable bonds is 4. The van der Waals surface area contributed by atoms with Crippen molar-refractivity contribution >= 4 is 0 Å². The van der Waals surface area contributed by atoms with Gasteiger partial charge in [0.25, 0.3) is 0 Å². The van der Waals surface area contributed by atoms with Gasteiger partial charge in [0.2, 0.25) is 0 Å². The van der Waals surface area contributed by atoms with E-state index in [0.717, 1.165) is 26.1 Å². The fourth-order valence-corrected chi connectivity index (χ4v) is 0.352. The molecular formula is C5H13N2. The molecule has 0 amide bonds. The Morgan fingerprint density at radius 1 is 1.57 bits per heavy atom. The van der Waals surface area contributed by atoms with Gasteiger partial charge >= 0.3 is 0 Å². The van der Waals surface area contributed by atoms with Crippen LogP contribution in [0, 0.1) is 6.92 Å². The zero-order valence-corrected chi connectivity index (χ0v) is 4.61. The van der Waals surface area contributed by atoms with Crippen LogP contribution < -0.4 is 11.1 Å². The molecule has 0 atom stereocenters. The highest BCUT2D eigenvalue weighted by molar-refractivity contribution is 4.47. The molecule has 7 heavy (non-hydrogen) atoms. The van der Waals surface area contributed by atoms with Crippen molar-refractivity contribution in [3.05, 3.63) is 6.92 Å². The lowest BCUT2D eigenvalue weighted by atomic mass is 10.4. The Hall–Kier alpha value is -0.0800. The third kappa shape index (κ3) is 5.92. The lowest BCUT2D eigenvalue weighted by Crippen LogP contribution is -2.17. The first-order chi connectivity index (χ1) is 3.41. The average molecular weight is 101 g/mol. The summed E-state index contributed by atoms with van der Waals surface area (Å²) >= 11 is 0. The van der Waals surface area contributed by atoms with E-state index in [-0.39, 0.29) is 0 Å². The van der Waals surface area contributed by atoms with Gasteiger partial charge in [0.15, 0.2) is 0 Å². The van der Waals surface area contributed by atoms with Crippen LogP contribution in [0.4, 0.5) is 0 Å². The fourth-order valence-electron chi connectivity index (χ4n) is 0.352. The van der Waals surface area contributed by atoms with Crippen molar-refractivity contribution in [1.82, 2.24) is 5.32 Å². The zero-order chi connectivity index (χ0) is 5.54. The highest BCUT2D eigenvalue weighted by atomic mass is 14.8. The Balaban J connectivity index is 2.45. The molecule has 0 aliphatic rings. The molecule has 0 heterocycles. The second kappa shape index (κ2) is 5.92. The highest BCUT2D eigenvalue weighted by Gasteiger charge is 1.77. The standard InChI is InChI=1S/C5H13N2/c1-2-7-5-3-4-6/h7H,1-6H2. The second-order valence-electron chi connectivity index (χ2n) is 1.39. The molecule has 0 unspecified atom stereocenters. The van der Waals surface area contributed by atoms with Gasteiger partial charge in [0.05, 0.1) is 0 Å². The first-order valence-electron chi connectivity index (χ1n) is 2.62. The van der Waals surface area contributed by atoms with Gasteiger partial charge in [-0.2, -0.15) is 0 Å². The summed E-state index contributed by atoms with van der Waals surface area (Å²) in [5.74, 6) is 0. The summed E-state index contributed by atoms with van der Waals surface area (Å²) in [5, 5.41) is 3.06. The van der Waals surface area contributed by atoms with Gasteiger partial charge in [-0.3, -0.25) is 0 Å². The summed E-state index contributed by atoms with van der Waals surface area (Å²) in [7, 11) is 0. The lowest BCUT2D eigenvalue weighted by Gasteiger charge is -1.95. The first kappa shape index (κ1) is 6.92. The zero-order valence-electron chi connectivity index (χ0n) is 4.61. The summed E-state index contributed by atoms with van der Waals surface area (Å²) in [4.78, 5) is 0. The summed E-state index contributed by atoms with van der Waals surface area (Å²) in [5.41, 5.74) is 5.21. The highest BCUT2D eigenvalue weighted by Crippen LogP contribution is 1.65. The fraction of sp³-hybridized carbons (Fsp3) is 0.800. The van der Waals surface area contributed by atoms with Crippen LogP contribution in [0.1, 0.15) is 6.42 Å². The van der Waals surface area contributed by atoms with Crippen molar-refractivity contribution in [1.29, 1.82) is 0 Å². The molecule has 0 aliphatic carbocycles. The summed E-state index contributed by atoms with van der Waals surface area (Å²) in [6, 6.07) is 0. The molecule has 1 radical (unpaired) electrons. The van der Waals surface area contributed by atoms with Crippen LogP contribution in [-0.4, -0.2) is 19.6 Å². The molecule has 0 rings (SSSR count). The minimum absolute atomic E-state index is 0.771. The van der Waals surface area contributed by atoms with E-state index >= 15 is 0 Å². The van der Waals surface area contributed by atoms with E-state index in [1.807, 2.05) is 0 Å². The van der Waals surface area contributed by atoms with Crippen LogP contribution in [0.3, 0.4) is 0 Å². The minimum Gasteiger partial charge on any atom is -0.330 e. The van der Waals surface area contributed by atoms with Crippen LogP contribution in [0.15, 0.2) is 0 Å². The topological polar surface area (TPSA) is 38.0 Å². The van der Waals surface area contributed by atoms with Crippen LogP contribution in [0.5, 0.6) is 0 Å². The van der Waals surface area contributed by atoms with Gasteiger partial charge in [-0.1, -0.05) is 0 Å². The Labute approximate surface area is 45.1 Å². The molecular weight excluding hydrogens is 88.1 g/mol. The minimum atomic E-state index is 0.771. The van der Waals surface area contributed by atoms with Gasteiger partial charge in [-0.25, -0.2) is 0 Å². The van der Waals surface area contributed by atoms with E-state index in [4.69, 9.17) is 5.73 Å². The smallest absolute Gasteiger partial charge is 0.00369 e. The number of nitrogens with two attached hydrogens (primary N) is 1. The van der Waals surface area contributed by atoms with Crippen molar-refractivity contribution in [2.75, 3.05) is 19.6 Å². The predicted octanol–water partition coefficient (Wildman–Crippen LogP) is -0.241. The summed E-state index contributed by atoms with van der Waals surface area (Å²) in [6.07, 6.45) is 1.05. The molecule has 43 valence electrons. The maximum Gasteiger partial charge on any atom is -0.00369 e. The van der Waals surface area contributed by atoms with Gasteiger partial charge in [0.1, 0.15) is 0 Å². The summed E-state index contributed by atoms with van der Waals surface area (Å²) < 4.78 is 0. The van der Waals surface area contributed by atoms with Crippen molar-refractivity contribution in [3.63, 3.8) is 0 Å². The van der Waals surface area contributed by atoms with E-state index in [1.165, 1.54) is 0 Å². The Morgan fingerprint density at radius 3 is 2.71 bits per heavy atom. The van der Waals surface area contributed by atoms with Crippen LogP contribution in [0.2, 0.25) is 0 Å². The quantitative estimate of drug-likeness (QED) is 0.480. The lowest BCUT2D eigenvalue weighted by molar-refractivity contribution is 0.699. The number of nitrogens with one attached hydrogen (secondary N) is 1.